The summed E-state index contributed by atoms with van der Waals surface area (Å²) in [7, 11) is 1.66. The quantitative estimate of drug-likeness (QED) is 0.695. The Labute approximate surface area is 130 Å². The largest absolute Gasteiger partial charge is 0.497 e. The van der Waals surface area contributed by atoms with Crippen LogP contribution in [0.1, 0.15) is 38.3 Å². The molecule has 0 amide bonds. The van der Waals surface area contributed by atoms with Gasteiger partial charge in [0, 0.05) is 16.5 Å². The molecule has 0 saturated heterocycles. The third-order valence-electron chi connectivity index (χ3n) is 3.75. The van der Waals surface area contributed by atoms with Gasteiger partial charge in [-0.1, -0.05) is 0 Å². The second-order valence-corrected chi connectivity index (χ2v) is 5.80. The molecule has 116 valence electrons. The van der Waals surface area contributed by atoms with Crippen LogP contribution in [0.3, 0.4) is 0 Å². The molecule has 0 saturated carbocycles. The Balaban J connectivity index is 2.20. The molecule has 1 atom stereocenters. The lowest BCUT2D eigenvalue weighted by Crippen LogP contribution is -2.06. The van der Waals surface area contributed by atoms with Crippen LogP contribution in [-0.2, 0) is 4.74 Å². The maximum Gasteiger partial charge on any atom is 0.145 e. The third kappa shape index (κ3) is 2.55. The van der Waals surface area contributed by atoms with E-state index in [4.69, 9.17) is 13.9 Å². The number of fused-ring (bicyclic) bond motifs is 3. The summed E-state index contributed by atoms with van der Waals surface area (Å²) in [5, 5.41) is 1.98. The summed E-state index contributed by atoms with van der Waals surface area (Å²) in [5.41, 5.74) is 2.71. The number of aryl methyl sites for hydroxylation is 1. The average molecular weight is 299 g/mol. The maximum atomic E-state index is 6.10. The minimum absolute atomic E-state index is 0.0903. The second-order valence-electron chi connectivity index (χ2n) is 5.80. The van der Waals surface area contributed by atoms with Gasteiger partial charge in [-0.15, -0.1) is 0 Å². The van der Waals surface area contributed by atoms with E-state index in [2.05, 4.69) is 4.98 Å². The van der Waals surface area contributed by atoms with Crippen molar-refractivity contribution in [2.45, 2.75) is 39.9 Å². The van der Waals surface area contributed by atoms with E-state index < -0.39 is 0 Å². The lowest BCUT2D eigenvalue weighted by atomic mass is 10.1. The number of rotatable bonds is 4. The molecule has 2 aromatic heterocycles. The molecule has 0 aliphatic carbocycles. The van der Waals surface area contributed by atoms with Gasteiger partial charge in [0.25, 0.3) is 0 Å². The molecule has 0 aliphatic rings. The van der Waals surface area contributed by atoms with Gasteiger partial charge in [-0.25, -0.2) is 0 Å². The molecule has 22 heavy (non-hydrogen) atoms. The highest BCUT2D eigenvalue weighted by Gasteiger charge is 2.17. The highest BCUT2D eigenvalue weighted by Crippen LogP contribution is 2.34. The number of aromatic nitrogens is 1. The fourth-order valence-corrected chi connectivity index (χ4v) is 2.72. The van der Waals surface area contributed by atoms with Crippen molar-refractivity contribution in [3.63, 3.8) is 0 Å². The van der Waals surface area contributed by atoms with Gasteiger partial charge in [0.05, 0.1) is 18.7 Å². The molecule has 3 rings (SSSR count). The smallest absolute Gasteiger partial charge is 0.145 e. The van der Waals surface area contributed by atoms with E-state index in [0.717, 1.165) is 39.1 Å². The summed E-state index contributed by atoms with van der Waals surface area (Å²) >= 11 is 0. The summed E-state index contributed by atoms with van der Waals surface area (Å²) in [6.07, 6.45) is 0.0618. The number of pyridine rings is 1. The third-order valence-corrected chi connectivity index (χ3v) is 3.75. The predicted molar refractivity (Wildman–Crippen MR) is 87.4 cm³/mol. The first-order valence-corrected chi connectivity index (χ1v) is 7.53. The van der Waals surface area contributed by atoms with Gasteiger partial charge in [0.15, 0.2) is 0 Å². The van der Waals surface area contributed by atoms with E-state index >= 15 is 0 Å². The molecule has 0 fully saturated rings. The first-order chi connectivity index (χ1) is 10.5. The van der Waals surface area contributed by atoms with Crippen LogP contribution in [0.5, 0.6) is 5.75 Å². The van der Waals surface area contributed by atoms with E-state index in [1.165, 1.54) is 0 Å². The predicted octanol–water partition coefficient (Wildman–Crippen LogP) is 4.78. The minimum atomic E-state index is -0.0903. The van der Waals surface area contributed by atoms with E-state index in [1.807, 2.05) is 52.0 Å². The van der Waals surface area contributed by atoms with Crippen LogP contribution in [0.4, 0.5) is 0 Å². The maximum absolute atomic E-state index is 6.10. The monoisotopic (exact) mass is 299 g/mol. The molecule has 0 aliphatic heterocycles. The zero-order valence-corrected chi connectivity index (χ0v) is 13.6. The summed E-state index contributed by atoms with van der Waals surface area (Å²) in [6, 6.07) is 7.86. The minimum Gasteiger partial charge on any atom is -0.497 e. The van der Waals surface area contributed by atoms with Crippen molar-refractivity contribution >= 4 is 21.9 Å². The van der Waals surface area contributed by atoms with Crippen LogP contribution >= 0.6 is 0 Å². The van der Waals surface area contributed by atoms with Crippen molar-refractivity contribution < 1.29 is 13.9 Å². The van der Waals surface area contributed by atoms with Crippen molar-refractivity contribution in [3.8, 4) is 5.75 Å². The molecule has 4 nitrogen and oxygen atoms in total. The van der Waals surface area contributed by atoms with E-state index in [0.29, 0.717) is 0 Å². The first-order valence-electron chi connectivity index (χ1n) is 7.53. The summed E-state index contributed by atoms with van der Waals surface area (Å²) in [5.74, 6) is 1.62. The van der Waals surface area contributed by atoms with Crippen LogP contribution in [0.15, 0.2) is 28.7 Å². The number of hydrogen-bond donors (Lipinski definition) is 0. The lowest BCUT2D eigenvalue weighted by molar-refractivity contribution is 0.00675. The number of ether oxygens (including phenoxy) is 2. The molecule has 1 unspecified atom stereocenters. The van der Waals surface area contributed by atoms with E-state index in [-0.39, 0.29) is 12.2 Å². The Bertz CT molecular complexity index is 820. The number of furan rings is 1. The van der Waals surface area contributed by atoms with Gasteiger partial charge in [-0.05, 0) is 52.0 Å². The Morgan fingerprint density at radius 3 is 2.55 bits per heavy atom. The number of hydrogen-bond acceptors (Lipinski definition) is 4. The number of nitrogens with zero attached hydrogens (tertiary/aromatic N) is 1. The zero-order chi connectivity index (χ0) is 15.9. The van der Waals surface area contributed by atoms with E-state index in [1.54, 1.807) is 7.11 Å². The van der Waals surface area contributed by atoms with Crippen LogP contribution in [0, 0.1) is 6.92 Å². The van der Waals surface area contributed by atoms with Gasteiger partial charge >= 0.3 is 0 Å². The molecule has 0 spiro atoms. The molecule has 0 N–H and O–H groups in total. The Kier molecular flexibility index (Phi) is 3.79. The Morgan fingerprint density at radius 2 is 1.86 bits per heavy atom. The van der Waals surface area contributed by atoms with Gasteiger partial charge in [-0.2, -0.15) is 0 Å². The van der Waals surface area contributed by atoms with Gasteiger partial charge in [0.1, 0.15) is 23.2 Å². The number of methoxy groups -OCH3 is 1. The molecular formula is C18H21NO3. The fourth-order valence-electron chi connectivity index (χ4n) is 2.72. The highest BCUT2D eigenvalue weighted by molar-refractivity contribution is 6.04. The van der Waals surface area contributed by atoms with Crippen LogP contribution in [-0.4, -0.2) is 18.2 Å². The van der Waals surface area contributed by atoms with E-state index in [9.17, 15) is 0 Å². The molecule has 3 aromatic rings. The van der Waals surface area contributed by atoms with Gasteiger partial charge < -0.3 is 13.9 Å². The Morgan fingerprint density at radius 1 is 1.09 bits per heavy atom. The molecule has 4 heteroatoms. The van der Waals surface area contributed by atoms with Crippen LogP contribution in [0.25, 0.3) is 21.9 Å². The molecule has 0 radical (unpaired) electrons. The normalized spacial score (nSPS) is 13.2. The molecule has 2 heterocycles. The summed E-state index contributed by atoms with van der Waals surface area (Å²) in [6.45, 7) is 8.04. The molecule has 1 aromatic carbocycles. The van der Waals surface area contributed by atoms with Crippen molar-refractivity contribution in [2.75, 3.05) is 7.11 Å². The Hall–Kier alpha value is -2.07. The summed E-state index contributed by atoms with van der Waals surface area (Å²) < 4.78 is 17.2. The fraction of sp³-hybridized carbons (Fsp3) is 0.389. The SMILES string of the molecule is COc1ccc2nc(C)c3cc(C(C)OC(C)C)oc3c2c1. The standard InChI is InChI=1S/C18H21NO3/c1-10(2)21-12(4)17-9-14-11(3)19-16-7-6-13(20-5)8-15(16)18(14)22-17/h6-10,12H,1-5H3. The summed E-state index contributed by atoms with van der Waals surface area (Å²) in [4.78, 5) is 4.66. The van der Waals surface area contributed by atoms with Crippen LogP contribution in [0.2, 0.25) is 0 Å². The first kappa shape index (κ1) is 14.9. The topological polar surface area (TPSA) is 44.5 Å². The van der Waals surface area contributed by atoms with Crippen LogP contribution < -0.4 is 4.74 Å². The lowest BCUT2D eigenvalue weighted by Gasteiger charge is -2.13. The zero-order valence-electron chi connectivity index (χ0n) is 13.6. The average Bonchev–Trinajstić information content (AvgIpc) is 2.92. The highest BCUT2D eigenvalue weighted by atomic mass is 16.5. The van der Waals surface area contributed by atoms with Gasteiger partial charge in [0.2, 0.25) is 0 Å². The van der Waals surface area contributed by atoms with Crippen molar-refractivity contribution in [2.24, 2.45) is 0 Å². The molecule has 0 bridgehead atoms. The molecular weight excluding hydrogens is 278 g/mol. The van der Waals surface area contributed by atoms with Gasteiger partial charge in [-0.3, -0.25) is 4.98 Å². The number of benzene rings is 1. The second kappa shape index (κ2) is 5.61. The van der Waals surface area contributed by atoms with Crippen molar-refractivity contribution in [1.82, 2.24) is 4.98 Å². The van der Waals surface area contributed by atoms with Crippen molar-refractivity contribution in [1.29, 1.82) is 0 Å². The van der Waals surface area contributed by atoms with Crippen molar-refractivity contribution in [3.05, 3.63) is 35.7 Å².